The van der Waals surface area contributed by atoms with Crippen molar-refractivity contribution < 1.29 is 22.9 Å². The molecule has 0 aromatic rings. The SMILES string of the molecule is CCCCCCCCC/C=C/CC/C=C/C(O)C(CS(=O)(=O)O)NC(=O)CCCCCCCCCCCCCCCCCCCCCCC. The van der Waals surface area contributed by atoms with E-state index in [1.165, 1.54) is 167 Å². The molecule has 0 aliphatic heterocycles. The Balaban J connectivity index is 3.85. The summed E-state index contributed by atoms with van der Waals surface area (Å²) in [5.74, 6) is -0.991. The second-order valence-corrected chi connectivity index (χ2v) is 16.1. The maximum atomic E-state index is 12.5. The molecule has 290 valence electrons. The Morgan fingerprint density at radius 1 is 0.531 bits per heavy atom. The number of amides is 1. The monoisotopic (exact) mass is 712 g/mol. The first-order valence-corrected chi connectivity index (χ1v) is 22.6. The summed E-state index contributed by atoms with van der Waals surface area (Å²) < 4.78 is 32.4. The minimum absolute atomic E-state index is 0.285. The second kappa shape index (κ2) is 36.6. The Morgan fingerprint density at radius 3 is 1.29 bits per heavy atom. The molecular weight excluding hydrogens is 631 g/mol. The number of aliphatic hydroxyl groups excluding tert-OH is 1. The van der Waals surface area contributed by atoms with Crippen LogP contribution >= 0.6 is 0 Å². The van der Waals surface area contributed by atoms with E-state index in [9.17, 15) is 22.9 Å². The van der Waals surface area contributed by atoms with Gasteiger partial charge in [0.2, 0.25) is 5.91 Å². The molecule has 49 heavy (non-hydrogen) atoms. The van der Waals surface area contributed by atoms with Crippen molar-refractivity contribution in [3.8, 4) is 0 Å². The molecule has 7 heteroatoms. The van der Waals surface area contributed by atoms with E-state index in [1.807, 2.05) is 6.08 Å². The Morgan fingerprint density at radius 2 is 0.878 bits per heavy atom. The van der Waals surface area contributed by atoms with Crippen molar-refractivity contribution in [2.75, 3.05) is 5.75 Å². The summed E-state index contributed by atoms with van der Waals surface area (Å²) in [5, 5.41) is 13.2. The summed E-state index contributed by atoms with van der Waals surface area (Å²) in [6.45, 7) is 4.52. The van der Waals surface area contributed by atoms with Gasteiger partial charge in [0.05, 0.1) is 17.9 Å². The quantitative estimate of drug-likeness (QED) is 0.0336. The maximum absolute atomic E-state index is 12.5. The van der Waals surface area contributed by atoms with Gasteiger partial charge in [0.15, 0.2) is 0 Å². The number of allylic oxidation sites excluding steroid dienone is 3. The van der Waals surface area contributed by atoms with Gasteiger partial charge < -0.3 is 10.4 Å². The molecule has 6 nitrogen and oxygen atoms in total. The van der Waals surface area contributed by atoms with Gasteiger partial charge in [-0.05, 0) is 32.1 Å². The summed E-state index contributed by atoms with van der Waals surface area (Å²) in [4.78, 5) is 12.5. The molecule has 0 spiro atoms. The Bertz CT molecular complexity index is 872. The van der Waals surface area contributed by atoms with Crippen LogP contribution in [0.3, 0.4) is 0 Å². The van der Waals surface area contributed by atoms with Crippen molar-refractivity contribution >= 4 is 16.0 Å². The van der Waals surface area contributed by atoms with Crippen molar-refractivity contribution in [2.45, 2.75) is 231 Å². The number of unbranched alkanes of at least 4 members (excludes halogenated alkanes) is 28. The molecule has 3 N–H and O–H groups in total. The van der Waals surface area contributed by atoms with Crippen LogP contribution < -0.4 is 5.32 Å². The molecule has 1 amide bonds. The molecule has 0 aliphatic rings. The first-order valence-electron chi connectivity index (χ1n) is 21.0. The Kier molecular flexibility index (Phi) is 35.7. The summed E-state index contributed by atoms with van der Waals surface area (Å²) in [5.41, 5.74) is 0. The van der Waals surface area contributed by atoms with E-state index in [0.29, 0.717) is 6.42 Å². The molecule has 2 atom stereocenters. The Hall–Kier alpha value is -1.18. The van der Waals surface area contributed by atoms with Crippen LogP contribution in [-0.2, 0) is 14.9 Å². The fourth-order valence-electron chi connectivity index (χ4n) is 6.47. The highest BCUT2D eigenvalue weighted by molar-refractivity contribution is 7.85. The number of hydrogen-bond acceptors (Lipinski definition) is 4. The molecule has 0 saturated heterocycles. The zero-order valence-electron chi connectivity index (χ0n) is 32.3. The highest BCUT2D eigenvalue weighted by Crippen LogP contribution is 2.16. The van der Waals surface area contributed by atoms with E-state index in [-0.39, 0.29) is 5.91 Å². The van der Waals surface area contributed by atoms with Crippen LogP contribution in [-0.4, -0.2) is 41.9 Å². The number of rotatable bonds is 38. The summed E-state index contributed by atoms with van der Waals surface area (Å²) in [7, 11) is -4.35. The smallest absolute Gasteiger partial charge is 0.267 e. The number of hydrogen-bond donors (Lipinski definition) is 3. The van der Waals surface area contributed by atoms with Gasteiger partial charge >= 0.3 is 0 Å². The van der Waals surface area contributed by atoms with Crippen LogP contribution in [0.2, 0.25) is 0 Å². The summed E-state index contributed by atoms with van der Waals surface area (Å²) in [6, 6.07) is -1.07. The predicted molar refractivity (Wildman–Crippen MR) is 212 cm³/mol. The molecule has 2 unspecified atom stereocenters. The molecule has 0 fully saturated rings. The van der Waals surface area contributed by atoms with Crippen LogP contribution in [0.25, 0.3) is 0 Å². The van der Waals surface area contributed by atoms with Crippen molar-refractivity contribution in [1.82, 2.24) is 5.32 Å². The first kappa shape index (κ1) is 47.8. The molecule has 0 radical (unpaired) electrons. The average Bonchev–Trinajstić information content (AvgIpc) is 3.06. The predicted octanol–water partition coefficient (Wildman–Crippen LogP) is 12.4. The van der Waals surface area contributed by atoms with E-state index < -0.39 is 28.0 Å². The van der Waals surface area contributed by atoms with Crippen molar-refractivity contribution in [2.24, 2.45) is 0 Å². The zero-order valence-corrected chi connectivity index (χ0v) is 33.1. The van der Waals surface area contributed by atoms with Crippen LogP contribution in [0.4, 0.5) is 0 Å². The van der Waals surface area contributed by atoms with E-state index in [2.05, 4.69) is 31.3 Å². The lowest BCUT2D eigenvalue weighted by atomic mass is 10.0. The normalized spacial score (nSPS) is 13.5. The van der Waals surface area contributed by atoms with Crippen LogP contribution in [0, 0.1) is 0 Å². The van der Waals surface area contributed by atoms with Crippen LogP contribution in [0.5, 0.6) is 0 Å². The third-order valence-corrected chi connectivity index (χ3v) is 10.4. The highest BCUT2D eigenvalue weighted by atomic mass is 32.2. The number of carbonyl (C=O) groups excluding carboxylic acids is 1. The summed E-state index contributed by atoms with van der Waals surface area (Å²) in [6.07, 6.45) is 46.0. The molecule has 0 heterocycles. The largest absolute Gasteiger partial charge is 0.387 e. The van der Waals surface area contributed by atoms with Gasteiger partial charge in [0.25, 0.3) is 10.1 Å². The van der Waals surface area contributed by atoms with E-state index in [0.717, 1.165) is 38.5 Å². The average molecular weight is 712 g/mol. The van der Waals surface area contributed by atoms with Gasteiger partial charge in [-0.25, -0.2) is 0 Å². The van der Waals surface area contributed by atoms with E-state index >= 15 is 0 Å². The minimum atomic E-state index is -4.35. The van der Waals surface area contributed by atoms with Gasteiger partial charge in [-0.2, -0.15) is 8.42 Å². The van der Waals surface area contributed by atoms with Crippen LogP contribution in [0.1, 0.15) is 219 Å². The summed E-state index contributed by atoms with van der Waals surface area (Å²) >= 11 is 0. The van der Waals surface area contributed by atoms with Crippen molar-refractivity contribution in [3.63, 3.8) is 0 Å². The van der Waals surface area contributed by atoms with Crippen molar-refractivity contribution in [1.29, 1.82) is 0 Å². The standard InChI is InChI=1S/C42H81NO5S/c1-3-5-7-9-11-13-15-17-18-19-20-21-22-23-24-26-28-30-32-34-36-38-42(45)43-40(39-49(46,47)48)41(44)37-35-33-31-29-27-25-16-14-12-10-8-6-4-2/h27,29,35,37,40-41,44H,3-26,28,30-34,36,38-39H2,1-2H3,(H,43,45)(H,46,47,48)/b29-27+,37-35+. The highest BCUT2D eigenvalue weighted by Gasteiger charge is 2.24. The molecular formula is C42H81NO5S. The van der Waals surface area contributed by atoms with Gasteiger partial charge in [-0.15, -0.1) is 0 Å². The molecule has 0 rings (SSSR count). The van der Waals surface area contributed by atoms with E-state index in [4.69, 9.17) is 0 Å². The number of aliphatic hydroxyl groups is 1. The van der Waals surface area contributed by atoms with Crippen LogP contribution in [0.15, 0.2) is 24.3 Å². The van der Waals surface area contributed by atoms with Crippen molar-refractivity contribution in [3.05, 3.63) is 24.3 Å². The lowest BCUT2D eigenvalue weighted by Crippen LogP contribution is -2.46. The maximum Gasteiger partial charge on any atom is 0.267 e. The topological polar surface area (TPSA) is 104 Å². The number of carbonyl (C=O) groups is 1. The lowest BCUT2D eigenvalue weighted by Gasteiger charge is -2.21. The minimum Gasteiger partial charge on any atom is -0.387 e. The van der Waals surface area contributed by atoms with Gasteiger partial charge in [0.1, 0.15) is 0 Å². The van der Waals surface area contributed by atoms with Gasteiger partial charge in [0, 0.05) is 6.42 Å². The van der Waals surface area contributed by atoms with Gasteiger partial charge in [-0.1, -0.05) is 205 Å². The third kappa shape index (κ3) is 37.9. The van der Waals surface area contributed by atoms with E-state index in [1.54, 1.807) is 0 Å². The fraction of sp³-hybridized carbons (Fsp3) is 0.881. The Labute approximate surface area is 304 Å². The van der Waals surface area contributed by atoms with Gasteiger partial charge in [-0.3, -0.25) is 9.35 Å². The fourth-order valence-corrected chi connectivity index (χ4v) is 7.20. The first-order chi connectivity index (χ1) is 23.8. The number of nitrogens with one attached hydrogen (secondary N) is 1. The molecule has 0 bridgehead atoms. The zero-order chi connectivity index (χ0) is 36.1. The second-order valence-electron chi connectivity index (χ2n) is 14.6. The lowest BCUT2D eigenvalue weighted by molar-refractivity contribution is -0.122. The molecule has 0 aromatic heterocycles. The molecule has 0 aromatic carbocycles. The third-order valence-electron chi connectivity index (χ3n) is 9.63. The molecule has 0 saturated carbocycles. The molecule has 0 aliphatic carbocycles.